The van der Waals surface area contributed by atoms with E-state index < -0.39 is 15.8 Å². The molecular weight excluding hydrogens is 331 g/mol. The van der Waals surface area contributed by atoms with E-state index in [1.807, 2.05) is 0 Å². The maximum absolute atomic E-state index is 13.7. The number of piperidine rings is 1. The molecule has 0 radical (unpaired) electrons. The number of halogens is 2. The molecule has 1 saturated heterocycles. The van der Waals surface area contributed by atoms with Crippen molar-refractivity contribution in [3.05, 3.63) is 34.6 Å². The summed E-state index contributed by atoms with van der Waals surface area (Å²) in [5, 5.41) is 5.27. The monoisotopic (exact) mass is 348 g/mol. The van der Waals surface area contributed by atoms with E-state index in [9.17, 15) is 17.6 Å². The number of hydrogen-bond donors (Lipinski definition) is 1. The second-order valence-corrected chi connectivity index (χ2v) is 7.62. The quantitative estimate of drug-likeness (QED) is 0.896. The fourth-order valence-electron chi connectivity index (χ4n) is 2.72. The van der Waals surface area contributed by atoms with E-state index in [1.54, 1.807) is 4.90 Å². The lowest BCUT2D eigenvalue weighted by Crippen LogP contribution is -2.43. The van der Waals surface area contributed by atoms with Gasteiger partial charge in [0.1, 0.15) is 5.82 Å². The van der Waals surface area contributed by atoms with E-state index in [-0.39, 0.29) is 34.6 Å². The number of benzene rings is 1. The van der Waals surface area contributed by atoms with Crippen LogP contribution in [-0.2, 0) is 21.2 Å². The predicted octanol–water partition coefficient (Wildman–Crippen LogP) is 1.55. The van der Waals surface area contributed by atoms with Gasteiger partial charge < -0.3 is 4.90 Å². The van der Waals surface area contributed by atoms with Gasteiger partial charge in [0.05, 0.1) is 12.2 Å². The normalized spacial score (nSPS) is 19.2. The molecule has 0 saturated carbocycles. The molecule has 2 N–H and O–H groups in total. The minimum absolute atomic E-state index is 0.131. The zero-order valence-corrected chi connectivity index (χ0v) is 13.5. The summed E-state index contributed by atoms with van der Waals surface area (Å²) in [6.07, 6.45) is 1.28. The van der Waals surface area contributed by atoms with E-state index in [1.165, 1.54) is 18.2 Å². The lowest BCUT2D eigenvalue weighted by atomic mass is 9.99. The van der Waals surface area contributed by atoms with Gasteiger partial charge in [-0.3, -0.25) is 4.79 Å². The van der Waals surface area contributed by atoms with Crippen LogP contribution in [0, 0.1) is 11.7 Å². The van der Waals surface area contributed by atoms with Gasteiger partial charge in [-0.1, -0.05) is 17.7 Å². The number of nitrogens with zero attached hydrogens (tertiary/aromatic N) is 1. The Balaban J connectivity index is 2.03. The van der Waals surface area contributed by atoms with Gasteiger partial charge in [0.2, 0.25) is 15.9 Å². The first-order valence-electron chi connectivity index (χ1n) is 6.97. The van der Waals surface area contributed by atoms with Gasteiger partial charge >= 0.3 is 0 Å². The van der Waals surface area contributed by atoms with Crippen molar-refractivity contribution in [2.45, 2.75) is 19.3 Å². The highest BCUT2D eigenvalue weighted by atomic mass is 35.5. The summed E-state index contributed by atoms with van der Waals surface area (Å²) in [4.78, 5) is 13.9. The van der Waals surface area contributed by atoms with E-state index in [2.05, 4.69) is 0 Å². The van der Waals surface area contributed by atoms with Crippen molar-refractivity contribution in [1.29, 1.82) is 0 Å². The Kier molecular flexibility index (Phi) is 5.41. The van der Waals surface area contributed by atoms with Crippen LogP contribution in [0.4, 0.5) is 4.39 Å². The first kappa shape index (κ1) is 17.2. The third-order valence-corrected chi connectivity index (χ3v) is 5.02. The largest absolute Gasteiger partial charge is 0.342 e. The van der Waals surface area contributed by atoms with Gasteiger partial charge in [-0.15, -0.1) is 0 Å². The number of rotatable bonds is 4. The summed E-state index contributed by atoms with van der Waals surface area (Å²) in [7, 11) is -3.56. The van der Waals surface area contributed by atoms with Crippen molar-refractivity contribution in [3.63, 3.8) is 0 Å². The number of primary sulfonamides is 1. The van der Waals surface area contributed by atoms with E-state index in [0.717, 1.165) is 0 Å². The van der Waals surface area contributed by atoms with E-state index in [4.69, 9.17) is 16.7 Å². The Morgan fingerprint density at radius 1 is 1.45 bits per heavy atom. The average Bonchev–Trinajstić information content (AvgIpc) is 2.41. The molecule has 1 amide bonds. The molecule has 8 heteroatoms. The number of nitrogens with two attached hydrogens (primary N) is 1. The maximum Gasteiger partial charge on any atom is 0.227 e. The van der Waals surface area contributed by atoms with Crippen LogP contribution < -0.4 is 5.14 Å². The molecule has 1 atom stereocenters. The van der Waals surface area contributed by atoms with Crippen molar-refractivity contribution in [2.75, 3.05) is 18.8 Å². The standard InChI is InChI=1S/C14H18ClFN2O3S/c15-12-4-1-5-13(16)11(12)7-14(19)18-6-2-3-10(8-18)9-22(17,20)21/h1,4-5,10H,2-3,6-9H2,(H2,17,20,21)/t10-/m1/s1. The average molecular weight is 349 g/mol. The molecule has 2 rings (SSSR count). The molecule has 1 aromatic rings. The number of sulfonamides is 1. The van der Waals surface area contributed by atoms with Crippen molar-refractivity contribution in [1.82, 2.24) is 4.90 Å². The first-order chi connectivity index (χ1) is 10.3. The summed E-state index contributed by atoms with van der Waals surface area (Å²) in [6, 6.07) is 4.27. The minimum Gasteiger partial charge on any atom is -0.342 e. The SMILES string of the molecule is NS(=O)(=O)C[C@@H]1CCCN(C(=O)Cc2c(F)cccc2Cl)C1. The zero-order chi connectivity index (χ0) is 16.3. The third kappa shape index (κ3) is 4.66. The van der Waals surface area contributed by atoms with Crippen molar-refractivity contribution >= 4 is 27.5 Å². The molecule has 5 nitrogen and oxygen atoms in total. The number of hydrogen-bond acceptors (Lipinski definition) is 3. The lowest BCUT2D eigenvalue weighted by Gasteiger charge is -2.32. The Labute approximate surface area is 134 Å². The number of carbonyl (C=O) groups excluding carboxylic acids is 1. The molecule has 1 heterocycles. The molecule has 122 valence electrons. The summed E-state index contributed by atoms with van der Waals surface area (Å²) >= 11 is 5.92. The van der Waals surface area contributed by atoms with Crippen LogP contribution in [-0.4, -0.2) is 38.1 Å². The van der Waals surface area contributed by atoms with Gasteiger partial charge in [0.15, 0.2) is 0 Å². The van der Waals surface area contributed by atoms with Crippen LogP contribution in [0.15, 0.2) is 18.2 Å². The molecule has 0 spiro atoms. The molecular formula is C14H18ClFN2O3S. The van der Waals surface area contributed by atoms with Crippen LogP contribution in [0.25, 0.3) is 0 Å². The zero-order valence-electron chi connectivity index (χ0n) is 12.0. The van der Waals surface area contributed by atoms with Crippen molar-refractivity contribution < 1.29 is 17.6 Å². The smallest absolute Gasteiger partial charge is 0.227 e. The van der Waals surface area contributed by atoms with Crippen molar-refractivity contribution in [3.8, 4) is 0 Å². The van der Waals surface area contributed by atoms with Crippen LogP contribution in [0.1, 0.15) is 18.4 Å². The summed E-state index contributed by atoms with van der Waals surface area (Å²) < 4.78 is 36.1. The highest BCUT2D eigenvalue weighted by Gasteiger charge is 2.27. The third-order valence-electron chi connectivity index (χ3n) is 3.73. The topological polar surface area (TPSA) is 80.5 Å². The Morgan fingerprint density at radius 2 is 2.18 bits per heavy atom. The first-order valence-corrected chi connectivity index (χ1v) is 9.07. The van der Waals surface area contributed by atoms with E-state index in [0.29, 0.717) is 25.9 Å². The molecule has 0 unspecified atom stereocenters. The maximum atomic E-state index is 13.7. The molecule has 1 aliphatic rings. The Morgan fingerprint density at radius 3 is 2.82 bits per heavy atom. The molecule has 22 heavy (non-hydrogen) atoms. The Hall–Kier alpha value is -1.18. The minimum atomic E-state index is -3.56. The summed E-state index contributed by atoms with van der Waals surface area (Å²) in [5.41, 5.74) is 0.169. The van der Waals surface area contributed by atoms with Crippen molar-refractivity contribution in [2.24, 2.45) is 11.1 Å². The van der Waals surface area contributed by atoms with Gasteiger partial charge in [-0.25, -0.2) is 17.9 Å². The molecule has 1 aromatic carbocycles. The van der Waals surface area contributed by atoms with Crippen LogP contribution in [0.3, 0.4) is 0 Å². The highest BCUT2D eigenvalue weighted by molar-refractivity contribution is 7.89. The fourth-order valence-corrected chi connectivity index (χ4v) is 3.88. The van der Waals surface area contributed by atoms with Gasteiger partial charge in [-0.05, 0) is 30.9 Å². The van der Waals surface area contributed by atoms with Crippen LogP contribution in [0.5, 0.6) is 0 Å². The number of carbonyl (C=O) groups is 1. The molecule has 1 aliphatic heterocycles. The van der Waals surface area contributed by atoms with Gasteiger partial charge in [0.25, 0.3) is 0 Å². The summed E-state index contributed by atoms with van der Waals surface area (Å²) in [5.74, 6) is -1.09. The Bertz CT molecular complexity index is 646. The predicted molar refractivity (Wildman–Crippen MR) is 82.4 cm³/mol. The molecule has 0 bridgehead atoms. The lowest BCUT2D eigenvalue weighted by molar-refractivity contribution is -0.132. The van der Waals surface area contributed by atoms with Gasteiger partial charge in [0, 0.05) is 23.7 Å². The summed E-state index contributed by atoms with van der Waals surface area (Å²) in [6.45, 7) is 0.855. The van der Waals surface area contributed by atoms with Crippen LogP contribution in [0.2, 0.25) is 5.02 Å². The second kappa shape index (κ2) is 6.93. The van der Waals surface area contributed by atoms with Gasteiger partial charge in [-0.2, -0.15) is 0 Å². The number of likely N-dealkylation sites (tertiary alicyclic amines) is 1. The van der Waals surface area contributed by atoms with E-state index >= 15 is 0 Å². The highest BCUT2D eigenvalue weighted by Crippen LogP contribution is 2.22. The van der Waals surface area contributed by atoms with Crippen LogP contribution >= 0.6 is 11.6 Å². The fraction of sp³-hybridized carbons (Fsp3) is 0.500. The second-order valence-electron chi connectivity index (χ2n) is 5.55. The molecule has 0 aromatic heterocycles. The number of amides is 1. The molecule has 1 fully saturated rings. The molecule has 0 aliphatic carbocycles.